The molecule has 1 aromatic rings. The molecule has 0 radical (unpaired) electrons. The van der Waals surface area contributed by atoms with Gasteiger partial charge in [-0.15, -0.1) is 0 Å². The summed E-state index contributed by atoms with van der Waals surface area (Å²) in [7, 11) is 0. The molecule has 1 N–H and O–H groups in total. The topological polar surface area (TPSA) is 55.2 Å². The predicted octanol–water partition coefficient (Wildman–Crippen LogP) is 3.98. The predicted molar refractivity (Wildman–Crippen MR) is 72.8 cm³/mol. The second kappa shape index (κ2) is 4.96. The van der Waals surface area contributed by atoms with Gasteiger partial charge >= 0.3 is 0 Å². The molecule has 0 amide bonds. The van der Waals surface area contributed by atoms with Crippen LogP contribution in [-0.4, -0.2) is 11.0 Å². The average molecular weight is 248 g/mol. The fourth-order valence-electron chi connectivity index (χ4n) is 2.74. The lowest BCUT2D eigenvalue weighted by molar-refractivity contribution is -0.384. The Morgan fingerprint density at radius 1 is 1.33 bits per heavy atom. The third-order valence-electron chi connectivity index (χ3n) is 3.65. The first-order valence-corrected chi connectivity index (χ1v) is 6.47. The zero-order valence-corrected chi connectivity index (χ0v) is 11.0. The van der Waals surface area contributed by atoms with Gasteiger partial charge in [0.25, 0.3) is 5.69 Å². The van der Waals surface area contributed by atoms with Crippen LogP contribution in [0.25, 0.3) is 0 Å². The van der Waals surface area contributed by atoms with Crippen molar-refractivity contribution < 1.29 is 4.92 Å². The highest BCUT2D eigenvalue weighted by atomic mass is 16.6. The number of nitrogens with one attached hydrogen (secondary N) is 1. The molecule has 0 aliphatic heterocycles. The Bertz CT molecular complexity index is 426. The monoisotopic (exact) mass is 248 g/mol. The Labute approximate surface area is 108 Å². The van der Waals surface area contributed by atoms with Crippen molar-refractivity contribution in [3.63, 3.8) is 0 Å². The van der Waals surface area contributed by atoms with Crippen molar-refractivity contribution in [2.24, 2.45) is 5.41 Å². The third-order valence-corrected chi connectivity index (χ3v) is 3.65. The van der Waals surface area contributed by atoms with E-state index in [1.165, 1.54) is 19.3 Å². The molecule has 2 rings (SSSR count). The van der Waals surface area contributed by atoms with Crippen molar-refractivity contribution in [3.8, 4) is 0 Å². The zero-order chi connectivity index (χ0) is 13.2. The van der Waals surface area contributed by atoms with Crippen LogP contribution in [0.1, 0.15) is 39.5 Å². The number of non-ortho nitro benzene ring substituents is 1. The Hall–Kier alpha value is -1.58. The SMILES string of the molecule is CC1(C)CCCC(Nc2ccc([N+](=O)[O-])cc2)C1. The molecule has 18 heavy (non-hydrogen) atoms. The van der Waals surface area contributed by atoms with E-state index in [-0.39, 0.29) is 10.6 Å². The highest BCUT2D eigenvalue weighted by Gasteiger charge is 2.27. The maximum Gasteiger partial charge on any atom is 0.269 e. The minimum Gasteiger partial charge on any atom is -0.382 e. The van der Waals surface area contributed by atoms with E-state index in [1.807, 2.05) is 0 Å². The molecule has 0 saturated heterocycles. The van der Waals surface area contributed by atoms with Crippen LogP contribution in [0.4, 0.5) is 11.4 Å². The Kier molecular flexibility index (Phi) is 3.55. The van der Waals surface area contributed by atoms with Gasteiger partial charge in [-0.3, -0.25) is 10.1 Å². The molecular weight excluding hydrogens is 228 g/mol. The Morgan fingerprint density at radius 2 is 2.00 bits per heavy atom. The first-order chi connectivity index (χ1) is 8.46. The number of nitrogens with zero attached hydrogens (tertiary/aromatic N) is 1. The van der Waals surface area contributed by atoms with Crippen LogP contribution in [0.2, 0.25) is 0 Å². The van der Waals surface area contributed by atoms with Gasteiger partial charge < -0.3 is 5.32 Å². The molecule has 0 aromatic heterocycles. The molecule has 0 bridgehead atoms. The standard InChI is InChI=1S/C14H20N2O2/c1-14(2)9-3-4-12(10-14)15-11-5-7-13(8-6-11)16(17)18/h5-8,12,15H,3-4,9-10H2,1-2H3. The molecule has 1 aliphatic carbocycles. The summed E-state index contributed by atoms with van der Waals surface area (Å²) in [5, 5.41) is 14.1. The van der Waals surface area contributed by atoms with Gasteiger partial charge in [-0.05, 0) is 36.8 Å². The van der Waals surface area contributed by atoms with Crippen molar-refractivity contribution in [2.45, 2.75) is 45.6 Å². The summed E-state index contributed by atoms with van der Waals surface area (Å²) >= 11 is 0. The van der Waals surface area contributed by atoms with Crippen molar-refractivity contribution in [1.29, 1.82) is 0 Å². The molecule has 0 spiro atoms. The van der Waals surface area contributed by atoms with E-state index in [9.17, 15) is 10.1 Å². The maximum atomic E-state index is 10.6. The van der Waals surface area contributed by atoms with E-state index in [0.717, 1.165) is 12.1 Å². The number of hydrogen-bond donors (Lipinski definition) is 1. The summed E-state index contributed by atoms with van der Waals surface area (Å²) in [6.45, 7) is 4.60. The zero-order valence-electron chi connectivity index (χ0n) is 11.0. The van der Waals surface area contributed by atoms with E-state index < -0.39 is 0 Å². The Morgan fingerprint density at radius 3 is 2.56 bits per heavy atom. The van der Waals surface area contributed by atoms with Crippen molar-refractivity contribution in [1.82, 2.24) is 0 Å². The number of nitro benzene ring substituents is 1. The van der Waals surface area contributed by atoms with Gasteiger partial charge in [0.15, 0.2) is 0 Å². The molecule has 1 saturated carbocycles. The minimum absolute atomic E-state index is 0.143. The molecule has 1 atom stereocenters. The molecule has 1 unspecified atom stereocenters. The minimum atomic E-state index is -0.368. The number of rotatable bonds is 3. The first-order valence-electron chi connectivity index (χ1n) is 6.47. The van der Waals surface area contributed by atoms with Gasteiger partial charge in [-0.25, -0.2) is 0 Å². The second-order valence-corrected chi connectivity index (χ2v) is 5.91. The van der Waals surface area contributed by atoms with Gasteiger partial charge in [-0.2, -0.15) is 0 Å². The van der Waals surface area contributed by atoms with Crippen LogP contribution in [-0.2, 0) is 0 Å². The molecule has 98 valence electrons. The number of benzene rings is 1. The highest BCUT2D eigenvalue weighted by molar-refractivity contribution is 5.49. The highest BCUT2D eigenvalue weighted by Crippen LogP contribution is 2.36. The fraction of sp³-hybridized carbons (Fsp3) is 0.571. The normalized spacial score (nSPS) is 22.4. The quantitative estimate of drug-likeness (QED) is 0.650. The lowest BCUT2D eigenvalue weighted by Gasteiger charge is -2.36. The second-order valence-electron chi connectivity index (χ2n) is 5.91. The molecule has 4 nitrogen and oxygen atoms in total. The van der Waals surface area contributed by atoms with Gasteiger partial charge in [-0.1, -0.05) is 20.3 Å². The molecular formula is C14H20N2O2. The van der Waals surface area contributed by atoms with Crippen LogP contribution < -0.4 is 5.32 Å². The summed E-state index contributed by atoms with van der Waals surface area (Å²) in [6.07, 6.45) is 4.87. The van der Waals surface area contributed by atoms with E-state index in [1.54, 1.807) is 24.3 Å². The fourth-order valence-corrected chi connectivity index (χ4v) is 2.74. The number of anilines is 1. The van der Waals surface area contributed by atoms with Crippen LogP contribution in [0.3, 0.4) is 0 Å². The van der Waals surface area contributed by atoms with Crippen LogP contribution >= 0.6 is 0 Å². The molecule has 1 aromatic carbocycles. The maximum absolute atomic E-state index is 10.6. The van der Waals surface area contributed by atoms with Gasteiger partial charge in [0.2, 0.25) is 0 Å². The van der Waals surface area contributed by atoms with Gasteiger partial charge in [0, 0.05) is 23.9 Å². The molecule has 1 aliphatic rings. The van der Waals surface area contributed by atoms with E-state index >= 15 is 0 Å². The average Bonchev–Trinajstić information content (AvgIpc) is 2.28. The number of hydrogen-bond acceptors (Lipinski definition) is 3. The van der Waals surface area contributed by atoms with Crippen LogP contribution in [0.15, 0.2) is 24.3 Å². The van der Waals surface area contributed by atoms with Gasteiger partial charge in [0.1, 0.15) is 0 Å². The summed E-state index contributed by atoms with van der Waals surface area (Å²) in [5.41, 5.74) is 1.52. The van der Waals surface area contributed by atoms with Gasteiger partial charge in [0.05, 0.1) is 4.92 Å². The summed E-state index contributed by atoms with van der Waals surface area (Å²) in [6, 6.07) is 7.17. The van der Waals surface area contributed by atoms with Crippen LogP contribution in [0, 0.1) is 15.5 Å². The summed E-state index contributed by atoms with van der Waals surface area (Å²) < 4.78 is 0. The first kappa shape index (κ1) is 12.9. The molecule has 0 heterocycles. The van der Waals surface area contributed by atoms with E-state index in [2.05, 4.69) is 19.2 Å². The van der Waals surface area contributed by atoms with Crippen molar-refractivity contribution in [2.75, 3.05) is 5.32 Å². The molecule has 1 fully saturated rings. The van der Waals surface area contributed by atoms with Crippen LogP contribution in [0.5, 0.6) is 0 Å². The lowest BCUT2D eigenvalue weighted by Crippen LogP contribution is -2.31. The molecule has 4 heteroatoms. The Balaban J connectivity index is 1.99. The van der Waals surface area contributed by atoms with E-state index in [4.69, 9.17) is 0 Å². The largest absolute Gasteiger partial charge is 0.382 e. The van der Waals surface area contributed by atoms with Crippen molar-refractivity contribution >= 4 is 11.4 Å². The third kappa shape index (κ3) is 3.22. The summed E-state index contributed by atoms with van der Waals surface area (Å²) in [5.74, 6) is 0. The smallest absolute Gasteiger partial charge is 0.269 e. The van der Waals surface area contributed by atoms with Crippen molar-refractivity contribution in [3.05, 3.63) is 34.4 Å². The summed E-state index contributed by atoms with van der Waals surface area (Å²) in [4.78, 5) is 10.2. The number of nitro groups is 1. The van der Waals surface area contributed by atoms with E-state index in [0.29, 0.717) is 11.5 Å². The lowest BCUT2D eigenvalue weighted by atomic mass is 9.75.